The molecule has 0 radical (unpaired) electrons. The largest absolute Gasteiger partial charge is 0.349 e. The van der Waals surface area contributed by atoms with Crippen molar-refractivity contribution in [1.29, 1.82) is 0 Å². The topological polar surface area (TPSA) is 29.1 Å². The number of carbonyl (C=O) groups is 1. The summed E-state index contributed by atoms with van der Waals surface area (Å²) in [6.45, 7) is 0. The molecule has 2 nitrogen and oxygen atoms in total. The predicted octanol–water partition coefficient (Wildman–Crippen LogP) is 3.52. The summed E-state index contributed by atoms with van der Waals surface area (Å²) >= 11 is 8.88. The zero-order valence-corrected chi connectivity index (χ0v) is 10.7. The van der Waals surface area contributed by atoms with Crippen LogP contribution < -0.4 is 5.32 Å². The smallest absolute Gasteiger partial charge is 0.254 e. The number of halogens is 3. The van der Waals surface area contributed by atoms with Gasteiger partial charge in [0.05, 0.1) is 10.6 Å². The second-order valence-electron chi connectivity index (χ2n) is 3.85. The molecular weight excluding hydrogens is 296 g/mol. The van der Waals surface area contributed by atoms with Gasteiger partial charge >= 0.3 is 0 Å². The molecule has 0 unspecified atom stereocenters. The highest BCUT2D eigenvalue weighted by molar-refractivity contribution is 9.10. The normalized spacial score (nSPS) is 15.7. The van der Waals surface area contributed by atoms with E-state index >= 15 is 0 Å². The summed E-state index contributed by atoms with van der Waals surface area (Å²) in [4.78, 5) is 11.7. The quantitative estimate of drug-likeness (QED) is 0.832. The van der Waals surface area contributed by atoms with E-state index in [1.54, 1.807) is 0 Å². The Balaban J connectivity index is 2.18. The van der Waals surface area contributed by atoms with Gasteiger partial charge in [-0.2, -0.15) is 0 Å². The van der Waals surface area contributed by atoms with Crippen LogP contribution in [0, 0.1) is 5.82 Å². The number of hydrogen-bond donors (Lipinski definition) is 1. The summed E-state index contributed by atoms with van der Waals surface area (Å²) in [7, 11) is 0. The van der Waals surface area contributed by atoms with Crippen molar-refractivity contribution in [3.63, 3.8) is 0 Å². The van der Waals surface area contributed by atoms with E-state index in [1.165, 1.54) is 6.07 Å². The molecule has 0 spiro atoms. The summed E-state index contributed by atoms with van der Waals surface area (Å²) in [6, 6.07) is 2.74. The van der Waals surface area contributed by atoms with Crippen LogP contribution in [-0.4, -0.2) is 11.9 Å². The van der Waals surface area contributed by atoms with Gasteiger partial charge in [-0.05, 0) is 47.3 Å². The molecule has 1 saturated carbocycles. The molecule has 16 heavy (non-hydrogen) atoms. The first-order valence-electron chi connectivity index (χ1n) is 5.03. The van der Waals surface area contributed by atoms with Crippen LogP contribution >= 0.6 is 27.5 Å². The van der Waals surface area contributed by atoms with Gasteiger partial charge in [-0.3, -0.25) is 4.79 Å². The monoisotopic (exact) mass is 305 g/mol. The van der Waals surface area contributed by atoms with Crippen molar-refractivity contribution in [2.24, 2.45) is 0 Å². The molecule has 86 valence electrons. The van der Waals surface area contributed by atoms with Crippen molar-refractivity contribution < 1.29 is 9.18 Å². The van der Waals surface area contributed by atoms with Crippen molar-refractivity contribution in [1.82, 2.24) is 5.32 Å². The Morgan fingerprint density at radius 1 is 1.50 bits per heavy atom. The van der Waals surface area contributed by atoms with Crippen LogP contribution in [0.25, 0.3) is 0 Å². The van der Waals surface area contributed by atoms with Crippen LogP contribution in [0.4, 0.5) is 4.39 Å². The fraction of sp³-hybridized carbons (Fsp3) is 0.364. The molecule has 1 amide bonds. The van der Waals surface area contributed by atoms with Gasteiger partial charge in [-0.1, -0.05) is 11.6 Å². The minimum absolute atomic E-state index is 0.0307. The van der Waals surface area contributed by atoms with E-state index in [0.717, 1.165) is 25.3 Å². The van der Waals surface area contributed by atoms with E-state index in [2.05, 4.69) is 21.2 Å². The lowest BCUT2D eigenvalue weighted by atomic mass is 9.93. The highest BCUT2D eigenvalue weighted by Crippen LogP contribution is 2.26. The zero-order valence-electron chi connectivity index (χ0n) is 8.40. The molecule has 0 aliphatic heterocycles. The molecule has 1 fully saturated rings. The third kappa shape index (κ3) is 2.38. The van der Waals surface area contributed by atoms with E-state index in [0.29, 0.717) is 4.47 Å². The number of rotatable bonds is 2. The summed E-state index contributed by atoms with van der Waals surface area (Å²) in [5, 5.41) is 3.04. The zero-order chi connectivity index (χ0) is 11.7. The molecule has 1 N–H and O–H groups in total. The summed E-state index contributed by atoms with van der Waals surface area (Å²) < 4.78 is 14.0. The summed E-state index contributed by atoms with van der Waals surface area (Å²) in [6.07, 6.45) is 3.07. The SMILES string of the molecule is O=C(NC1CCC1)c1cc(Br)c(Cl)cc1F. The molecule has 0 atom stereocenters. The molecular formula is C11H10BrClFNO. The maximum Gasteiger partial charge on any atom is 0.254 e. The third-order valence-corrected chi connectivity index (χ3v) is 3.89. The molecule has 1 aliphatic carbocycles. The number of amides is 1. The van der Waals surface area contributed by atoms with E-state index < -0.39 is 5.82 Å². The Morgan fingerprint density at radius 3 is 2.75 bits per heavy atom. The molecule has 0 aromatic heterocycles. The van der Waals surface area contributed by atoms with Gasteiger partial charge in [0.25, 0.3) is 5.91 Å². The molecule has 1 aromatic carbocycles. The minimum atomic E-state index is -0.593. The first-order valence-corrected chi connectivity index (χ1v) is 6.20. The maximum absolute atomic E-state index is 13.5. The van der Waals surface area contributed by atoms with Gasteiger partial charge in [0.1, 0.15) is 5.82 Å². The highest BCUT2D eigenvalue weighted by atomic mass is 79.9. The van der Waals surface area contributed by atoms with Gasteiger partial charge in [-0.15, -0.1) is 0 Å². The van der Waals surface area contributed by atoms with Crippen molar-refractivity contribution in [3.05, 3.63) is 33.0 Å². The van der Waals surface area contributed by atoms with Crippen molar-refractivity contribution >= 4 is 33.4 Å². The molecule has 5 heteroatoms. The fourth-order valence-corrected chi connectivity index (χ4v) is 2.01. The van der Waals surface area contributed by atoms with E-state index in [1.807, 2.05) is 0 Å². The minimum Gasteiger partial charge on any atom is -0.349 e. The fourth-order valence-electron chi connectivity index (χ4n) is 1.51. The lowest BCUT2D eigenvalue weighted by Crippen LogP contribution is -2.39. The van der Waals surface area contributed by atoms with Gasteiger partial charge < -0.3 is 5.32 Å². The first-order chi connectivity index (χ1) is 7.58. The van der Waals surface area contributed by atoms with E-state index in [9.17, 15) is 9.18 Å². The Labute approximate surface area is 106 Å². The van der Waals surface area contributed by atoms with E-state index in [-0.39, 0.29) is 22.5 Å². The van der Waals surface area contributed by atoms with Crippen LogP contribution in [0.2, 0.25) is 5.02 Å². The number of carbonyl (C=O) groups excluding carboxylic acids is 1. The lowest BCUT2D eigenvalue weighted by molar-refractivity contribution is 0.0913. The molecule has 1 aromatic rings. The van der Waals surface area contributed by atoms with Crippen LogP contribution in [-0.2, 0) is 0 Å². The summed E-state index contributed by atoms with van der Waals surface area (Å²) in [5.74, 6) is -0.968. The van der Waals surface area contributed by atoms with Gasteiger partial charge in [0, 0.05) is 10.5 Å². The van der Waals surface area contributed by atoms with Crippen LogP contribution in [0.15, 0.2) is 16.6 Å². The second-order valence-corrected chi connectivity index (χ2v) is 5.11. The van der Waals surface area contributed by atoms with Crippen molar-refractivity contribution in [3.8, 4) is 0 Å². The Kier molecular flexibility index (Phi) is 3.50. The van der Waals surface area contributed by atoms with Gasteiger partial charge in [0.15, 0.2) is 0 Å². The predicted molar refractivity (Wildman–Crippen MR) is 64.2 cm³/mol. The van der Waals surface area contributed by atoms with Gasteiger partial charge in [0.2, 0.25) is 0 Å². The maximum atomic E-state index is 13.5. The number of hydrogen-bond acceptors (Lipinski definition) is 1. The van der Waals surface area contributed by atoms with Crippen LogP contribution in [0.5, 0.6) is 0 Å². The molecule has 0 heterocycles. The van der Waals surface area contributed by atoms with Gasteiger partial charge in [-0.25, -0.2) is 4.39 Å². The third-order valence-electron chi connectivity index (χ3n) is 2.69. The second kappa shape index (κ2) is 4.72. The molecule has 2 rings (SSSR count). The van der Waals surface area contributed by atoms with Crippen molar-refractivity contribution in [2.75, 3.05) is 0 Å². The first kappa shape index (κ1) is 11.9. The Bertz CT molecular complexity index is 434. The number of benzene rings is 1. The van der Waals surface area contributed by atoms with Crippen LogP contribution in [0.3, 0.4) is 0 Å². The number of nitrogens with one attached hydrogen (secondary N) is 1. The summed E-state index contributed by atoms with van der Waals surface area (Å²) in [5.41, 5.74) is 0.0307. The molecule has 0 bridgehead atoms. The molecule has 1 aliphatic rings. The van der Waals surface area contributed by atoms with Crippen molar-refractivity contribution in [2.45, 2.75) is 25.3 Å². The highest BCUT2D eigenvalue weighted by Gasteiger charge is 2.22. The molecule has 0 saturated heterocycles. The average molecular weight is 307 g/mol. The standard InChI is InChI=1S/C11H10BrClFNO/c12-8-4-7(10(14)5-9(8)13)11(16)15-6-2-1-3-6/h4-6H,1-3H2,(H,15,16). The Hall–Kier alpha value is -0.610. The Morgan fingerprint density at radius 2 is 2.19 bits per heavy atom. The lowest BCUT2D eigenvalue weighted by Gasteiger charge is -2.26. The van der Waals surface area contributed by atoms with E-state index in [4.69, 9.17) is 11.6 Å². The average Bonchev–Trinajstić information content (AvgIpc) is 2.17. The van der Waals surface area contributed by atoms with Crippen LogP contribution in [0.1, 0.15) is 29.6 Å².